The first-order valence-electron chi connectivity index (χ1n) is 6.72. The van der Waals surface area contributed by atoms with Crippen molar-refractivity contribution in [2.45, 2.75) is 58.3 Å². The van der Waals surface area contributed by atoms with Crippen molar-refractivity contribution < 1.29 is 9.53 Å². The summed E-state index contributed by atoms with van der Waals surface area (Å²) in [7, 11) is 0. The largest absolute Gasteiger partial charge is 0.463 e. The summed E-state index contributed by atoms with van der Waals surface area (Å²) in [6, 6.07) is 0. The second-order valence-electron chi connectivity index (χ2n) is 4.91. The van der Waals surface area contributed by atoms with Gasteiger partial charge in [0.05, 0.1) is 6.61 Å². The Morgan fingerprint density at radius 1 is 1.19 bits per heavy atom. The molecule has 0 aromatic carbocycles. The molecule has 0 amide bonds. The minimum Gasteiger partial charge on any atom is -0.463 e. The van der Waals surface area contributed by atoms with Gasteiger partial charge in [0, 0.05) is 5.57 Å². The highest BCUT2D eigenvalue weighted by Crippen LogP contribution is 2.39. The standard InChI is InChI=1S/C14H22O2/c1-2-16-14(15)13-10-6-8-11-7-4-3-5-9-12(11)13/h11H,2-10H2,1H3. The van der Waals surface area contributed by atoms with E-state index in [1.807, 2.05) is 6.92 Å². The molecule has 2 aliphatic carbocycles. The summed E-state index contributed by atoms with van der Waals surface area (Å²) < 4.78 is 5.17. The van der Waals surface area contributed by atoms with Crippen LogP contribution in [0.3, 0.4) is 0 Å². The Labute approximate surface area is 98.1 Å². The highest BCUT2D eigenvalue weighted by atomic mass is 16.5. The van der Waals surface area contributed by atoms with Gasteiger partial charge in [-0.3, -0.25) is 0 Å². The predicted molar refractivity (Wildman–Crippen MR) is 64.1 cm³/mol. The minimum absolute atomic E-state index is 0.0379. The molecule has 0 aromatic heterocycles. The molecule has 2 aliphatic rings. The summed E-state index contributed by atoms with van der Waals surface area (Å²) in [4.78, 5) is 11.9. The highest BCUT2D eigenvalue weighted by molar-refractivity contribution is 5.89. The smallest absolute Gasteiger partial charge is 0.333 e. The maximum atomic E-state index is 11.9. The zero-order chi connectivity index (χ0) is 11.4. The van der Waals surface area contributed by atoms with Gasteiger partial charge in [-0.25, -0.2) is 4.79 Å². The van der Waals surface area contributed by atoms with Crippen LogP contribution in [0.2, 0.25) is 0 Å². The molecule has 90 valence electrons. The van der Waals surface area contributed by atoms with Gasteiger partial charge in [0.25, 0.3) is 0 Å². The van der Waals surface area contributed by atoms with Crippen LogP contribution in [-0.2, 0) is 9.53 Å². The Morgan fingerprint density at radius 3 is 2.81 bits per heavy atom. The molecule has 0 heterocycles. The van der Waals surface area contributed by atoms with Crippen molar-refractivity contribution in [2.24, 2.45) is 5.92 Å². The Morgan fingerprint density at radius 2 is 2.00 bits per heavy atom. The second-order valence-corrected chi connectivity index (χ2v) is 4.91. The average Bonchev–Trinajstić information content (AvgIpc) is 2.53. The molecule has 0 spiro atoms. The van der Waals surface area contributed by atoms with E-state index in [4.69, 9.17) is 4.74 Å². The fourth-order valence-electron chi connectivity index (χ4n) is 3.11. The third-order valence-electron chi connectivity index (χ3n) is 3.88. The van der Waals surface area contributed by atoms with Crippen LogP contribution in [-0.4, -0.2) is 12.6 Å². The Kier molecular flexibility index (Phi) is 4.03. The lowest BCUT2D eigenvalue weighted by molar-refractivity contribution is -0.138. The Balaban J connectivity index is 2.20. The Bertz CT molecular complexity index is 291. The summed E-state index contributed by atoms with van der Waals surface area (Å²) in [5.41, 5.74) is 2.47. The van der Waals surface area contributed by atoms with E-state index in [0.29, 0.717) is 12.5 Å². The van der Waals surface area contributed by atoms with Gasteiger partial charge in [-0.1, -0.05) is 18.4 Å². The van der Waals surface area contributed by atoms with E-state index in [1.54, 1.807) is 0 Å². The molecule has 2 nitrogen and oxygen atoms in total. The maximum Gasteiger partial charge on any atom is 0.333 e. The van der Waals surface area contributed by atoms with E-state index < -0.39 is 0 Å². The number of esters is 1. The molecule has 0 bridgehead atoms. The predicted octanol–water partition coefficient (Wildman–Crippen LogP) is 3.61. The van der Waals surface area contributed by atoms with Crippen molar-refractivity contribution in [3.63, 3.8) is 0 Å². The summed E-state index contributed by atoms with van der Waals surface area (Å²) in [6.45, 7) is 2.39. The van der Waals surface area contributed by atoms with E-state index >= 15 is 0 Å². The zero-order valence-corrected chi connectivity index (χ0v) is 10.3. The van der Waals surface area contributed by atoms with Gasteiger partial charge in [0.1, 0.15) is 0 Å². The molecule has 1 unspecified atom stereocenters. The lowest BCUT2D eigenvalue weighted by Crippen LogP contribution is -2.18. The summed E-state index contributed by atoms with van der Waals surface area (Å²) in [5.74, 6) is 0.653. The van der Waals surface area contributed by atoms with E-state index in [9.17, 15) is 4.79 Å². The number of carbonyl (C=O) groups excluding carboxylic acids is 1. The minimum atomic E-state index is -0.0379. The average molecular weight is 222 g/mol. The van der Waals surface area contributed by atoms with Gasteiger partial charge in [-0.15, -0.1) is 0 Å². The zero-order valence-electron chi connectivity index (χ0n) is 10.3. The van der Waals surface area contributed by atoms with Crippen LogP contribution >= 0.6 is 0 Å². The van der Waals surface area contributed by atoms with Crippen LogP contribution in [0.15, 0.2) is 11.1 Å². The third kappa shape index (κ3) is 2.47. The lowest BCUT2D eigenvalue weighted by atomic mass is 9.80. The number of fused-ring (bicyclic) bond motifs is 1. The van der Waals surface area contributed by atoms with E-state index in [0.717, 1.165) is 18.4 Å². The topological polar surface area (TPSA) is 26.3 Å². The molecule has 0 radical (unpaired) electrons. The number of rotatable bonds is 2. The van der Waals surface area contributed by atoms with Crippen LogP contribution < -0.4 is 0 Å². The normalized spacial score (nSPS) is 25.9. The van der Waals surface area contributed by atoms with E-state index in [1.165, 1.54) is 44.1 Å². The molecule has 0 saturated heterocycles. The van der Waals surface area contributed by atoms with Crippen molar-refractivity contribution in [2.75, 3.05) is 6.61 Å². The Hall–Kier alpha value is -0.790. The molecule has 1 saturated carbocycles. The van der Waals surface area contributed by atoms with Gasteiger partial charge < -0.3 is 4.74 Å². The highest BCUT2D eigenvalue weighted by Gasteiger charge is 2.27. The molecular weight excluding hydrogens is 200 g/mol. The molecule has 2 rings (SSSR count). The molecule has 1 atom stereocenters. The van der Waals surface area contributed by atoms with Crippen LogP contribution in [0.25, 0.3) is 0 Å². The van der Waals surface area contributed by atoms with Crippen LogP contribution in [0.5, 0.6) is 0 Å². The molecule has 0 N–H and O–H groups in total. The molecular formula is C14H22O2. The van der Waals surface area contributed by atoms with Gasteiger partial charge in [0.2, 0.25) is 0 Å². The second kappa shape index (κ2) is 5.51. The van der Waals surface area contributed by atoms with Crippen molar-refractivity contribution in [1.82, 2.24) is 0 Å². The van der Waals surface area contributed by atoms with E-state index in [2.05, 4.69) is 0 Å². The van der Waals surface area contributed by atoms with Crippen molar-refractivity contribution in [3.8, 4) is 0 Å². The van der Waals surface area contributed by atoms with Crippen molar-refractivity contribution in [1.29, 1.82) is 0 Å². The van der Waals surface area contributed by atoms with Gasteiger partial charge in [-0.05, 0) is 51.4 Å². The SMILES string of the molecule is CCOC(=O)C1=C2CCCCCC2CCC1. The number of ether oxygens (including phenoxy) is 1. The monoisotopic (exact) mass is 222 g/mol. The number of hydrogen-bond acceptors (Lipinski definition) is 2. The molecule has 16 heavy (non-hydrogen) atoms. The van der Waals surface area contributed by atoms with Crippen LogP contribution in [0.1, 0.15) is 58.3 Å². The molecule has 0 aliphatic heterocycles. The first kappa shape index (κ1) is 11.7. The third-order valence-corrected chi connectivity index (χ3v) is 3.88. The summed E-state index contributed by atoms with van der Waals surface area (Å²) in [6.07, 6.45) is 9.76. The van der Waals surface area contributed by atoms with Gasteiger partial charge in [-0.2, -0.15) is 0 Å². The van der Waals surface area contributed by atoms with Crippen molar-refractivity contribution >= 4 is 5.97 Å². The quantitative estimate of drug-likeness (QED) is 0.667. The number of carbonyl (C=O) groups is 1. The lowest BCUT2D eigenvalue weighted by Gasteiger charge is -2.26. The molecule has 0 aromatic rings. The van der Waals surface area contributed by atoms with E-state index in [-0.39, 0.29) is 5.97 Å². The summed E-state index contributed by atoms with van der Waals surface area (Å²) in [5, 5.41) is 0. The number of hydrogen-bond donors (Lipinski definition) is 0. The first-order chi connectivity index (χ1) is 7.83. The maximum absolute atomic E-state index is 11.9. The summed E-state index contributed by atoms with van der Waals surface area (Å²) >= 11 is 0. The van der Waals surface area contributed by atoms with Gasteiger partial charge in [0.15, 0.2) is 0 Å². The van der Waals surface area contributed by atoms with Gasteiger partial charge >= 0.3 is 5.97 Å². The fourth-order valence-corrected chi connectivity index (χ4v) is 3.11. The molecule has 1 fully saturated rings. The molecule has 2 heteroatoms. The van der Waals surface area contributed by atoms with Crippen molar-refractivity contribution in [3.05, 3.63) is 11.1 Å². The number of allylic oxidation sites excluding steroid dienone is 1. The van der Waals surface area contributed by atoms with Crippen LogP contribution in [0, 0.1) is 5.92 Å². The first-order valence-corrected chi connectivity index (χ1v) is 6.72. The fraction of sp³-hybridized carbons (Fsp3) is 0.786. The van der Waals surface area contributed by atoms with Crippen LogP contribution in [0.4, 0.5) is 0 Å².